The molecular weight excluding hydrogens is 214 g/mol. The third-order valence-electron chi connectivity index (χ3n) is 3.76. The number of hydrogen-bond acceptors (Lipinski definition) is 2. The molecule has 0 unspecified atom stereocenters. The summed E-state index contributed by atoms with van der Waals surface area (Å²) in [5.74, 6) is -0.243. The maximum absolute atomic E-state index is 10.7. The SMILES string of the molecule is NC1(CC(=O)O)CCC(c2ccccc2)CC1. The van der Waals surface area contributed by atoms with Gasteiger partial charge in [0, 0.05) is 5.54 Å². The molecule has 0 saturated heterocycles. The Morgan fingerprint density at radius 1 is 1.29 bits per heavy atom. The Labute approximate surface area is 102 Å². The van der Waals surface area contributed by atoms with Crippen molar-refractivity contribution in [2.75, 3.05) is 0 Å². The molecule has 1 aliphatic carbocycles. The highest BCUT2D eigenvalue weighted by molar-refractivity contribution is 5.68. The van der Waals surface area contributed by atoms with Crippen LogP contribution in [0.2, 0.25) is 0 Å². The zero-order valence-corrected chi connectivity index (χ0v) is 9.93. The van der Waals surface area contributed by atoms with E-state index in [-0.39, 0.29) is 6.42 Å². The first kappa shape index (κ1) is 12.1. The fourth-order valence-corrected chi connectivity index (χ4v) is 2.73. The van der Waals surface area contributed by atoms with Crippen molar-refractivity contribution in [2.45, 2.75) is 43.6 Å². The Morgan fingerprint density at radius 3 is 2.41 bits per heavy atom. The van der Waals surface area contributed by atoms with Crippen LogP contribution in [0.1, 0.15) is 43.6 Å². The van der Waals surface area contributed by atoms with Gasteiger partial charge in [0.15, 0.2) is 0 Å². The number of rotatable bonds is 3. The summed E-state index contributed by atoms with van der Waals surface area (Å²) < 4.78 is 0. The van der Waals surface area contributed by atoms with Crippen LogP contribution in [0, 0.1) is 0 Å². The molecule has 0 heterocycles. The molecule has 0 radical (unpaired) electrons. The van der Waals surface area contributed by atoms with Crippen LogP contribution in [0.5, 0.6) is 0 Å². The lowest BCUT2D eigenvalue weighted by Crippen LogP contribution is -2.44. The quantitative estimate of drug-likeness (QED) is 0.843. The lowest BCUT2D eigenvalue weighted by molar-refractivity contribution is -0.138. The van der Waals surface area contributed by atoms with E-state index in [1.165, 1.54) is 5.56 Å². The minimum Gasteiger partial charge on any atom is -0.481 e. The molecule has 2 rings (SSSR count). The number of nitrogens with two attached hydrogens (primary N) is 1. The number of aliphatic carboxylic acids is 1. The minimum absolute atomic E-state index is 0.0918. The molecule has 17 heavy (non-hydrogen) atoms. The first-order chi connectivity index (χ1) is 8.09. The van der Waals surface area contributed by atoms with Crippen LogP contribution in [0.3, 0.4) is 0 Å². The molecule has 3 nitrogen and oxygen atoms in total. The highest BCUT2D eigenvalue weighted by Crippen LogP contribution is 2.38. The van der Waals surface area contributed by atoms with Crippen LogP contribution in [0.25, 0.3) is 0 Å². The van der Waals surface area contributed by atoms with Crippen molar-refractivity contribution in [2.24, 2.45) is 5.73 Å². The third-order valence-corrected chi connectivity index (χ3v) is 3.76. The van der Waals surface area contributed by atoms with E-state index in [9.17, 15) is 4.79 Å². The van der Waals surface area contributed by atoms with Gasteiger partial charge in [-0.1, -0.05) is 30.3 Å². The van der Waals surface area contributed by atoms with E-state index >= 15 is 0 Å². The first-order valence-corrected chi connectivity index (χ1v) is 6.15. The molecule has 0 bridgehead atoms. The zero-order valence-electron chi connectivity index (χ0n) is 9.93. The van der Waals surface area contributed by atoms with Crippen molar-refractivity contribution < 1.29 is 9.90 Å². The summed E-state index contributed by atoms with van der Waals surface area (Å²) in [6, 6.07) is 10.4. The van der Waals surface area contributed by atoms with Crippen LogP contribution >= 0.6 is 0 Å². The van der Waals surface area contributed by atoms with Gasteiger partial charge in [0.2, 0.25) is 0 Å². The molecule has 0 spiro atoms. The Kier molecular flexibility index (Phi) is 3.48. The third kappa shape index (κ3) is 3.07. The van der Waals surface area contributed by atoms with E-state index in [4.69, 9.17) is 10.8 Å². The number of carboxylic acid groups (broad SMARTS) is 1. The van der Waals surface area contributed by atoms with Crippen molar-refractivity contribution in [1.82, 2.24) is 0 Å². The summed E-state index contributed by atoms with van der Waals surface area (Å²) in [5, 5.41) is 8.83. The molecule has 1 aliphatic rings. The summed E-state index contributed by atoms with van der Waals surface area (Å²) in [4.78, 5) is 10.7. The highest BCUT2D eigenvalue weighted by atomic mass is 16.4. The van der Waals surface area contributed by atoms with Gasteiger partial charge in [-0.25, -0.2) is 0 Å². The second kappa shape index (κ2) is 4.88. The van der Waals surface area contributed by atoms with Crippen molar-refractivity contribution in [1.29, 1.82) is 0 Å². The second-order valence-corrected chi connectivity index (χ2v) is 5.12. The smallest absolute Gasteiger partial charge is 0.305 e. The van der Waals surface area contributed by atoms with Crippen LogP contribution in [0.4, 0.5) is 0 Å². The van der Waals surface area contributed by atoms with E-state index in [0.717, 1.165) is 25.7 Å². The monoisotopic (exact) mass is 233 g/mol. The van der Waals surface area contributed by atoms with Crippen LogP contribution in [-0.4, -0.2) is 16.6 Å². The molecule has 0 atom stereocenters. The van der Waals surface area contributed by atoms with Gasteiger partial charge in [-0.15, -0.1) is 0 Å². The molecule has 3 heteroatoms. The lowest BCUT2D eigenvalue weighted by Gasteiger charge is -2.36. The summed E-state index contributed by atoms with van der Waals surface area (Å²) in [7, 11) is 0. The molecule has 3 N–H and O–H groups in total. The Bertz CT molecular complexity index is 380. The summed E-state index contributed by atoms with van der Waals surface area (Å²) >= 11 is 0. The van der Waals surface area contributed by atoms with E-state index in [0.29, 0.717) is 5.92 Å². The van der Waals surface area contributed by atoms with Gasteiger partial charge in [0.1, 0.15) is 0 Å². The lowest BCUT2D eigenvalue weighted by atomic mass is 9.73. The maximum atomic E-state index is 10.7. The van der Waals surface area contributed by atoms with Gasteiger partial charge < -0.3 is 10.8 Å². The minimum atomic E-state index is -0.786. The van der Waals surface area contributed by atoms with Gasteiger partial charge in [0.05, 0.1) is 6.42 Å². The largest absolute Gasteiger partial charge is 0.481 e. The van der Waals surface area contributed by atoms with Crippen LogP contribution in [0.15, 0.2) is 30.3 Å². The summed E-state index contributed by atoms with van der Waals surface area (Å²) in [6.45, 7) is 0. The van der Waals surface area contributed by atoms with Gasteiger partial charge in [-0.3, -0.25) is 4.79 Å². The van der Waals surface area contributed by atoms with Crippen molar-refractivity contribution in [3.05, 3.63) is 35.9 Å². The standard InChI is InChI=1S/C14H19NO2/c15-14(10-13(16)17)8-6-12(7-9-14)11-4-2-1-3-5-11/h1-5,12H,6-10,15H2,(H,16,17). The Hall–Kier alpha value is -1.35. The summed E-state index contributed by atoms with van der Waals surface area (Å²) in [5.41, 5.74) is 6.98. The van der Waals surface area contributed by atoms with E-state index in [1.807, 2.05) is 6.07 Å². The number of hydrogen-bond donors (Lipinski definition) is 2. The molecule has 1 fully saturated rings. The molecule has 1 aromatic rings. The predicted octanol–water partition coefficient (Wildman–Crippen LogP) is 2.52. The topological polar surface area (TPSA) is 63.3 Å². The Morgan fingerprint density at radius 2 is 1.88 bits per heavy atom. The normalized spacial score (nSPS) is 28.9. The average molecular weight is 233 g/mol. The van der Waals surface area contributed by atoms with Gasteiger partial charge in [-0.2, -0.15) is 0 Å². The average Bonchev–Trinajstić information content (AvgIpc) is 2.29. The van der Waals surface area contributed by atoms with Crippen LogP contribution in [-0.2, 0) is 4.79 Å². The molecule has 1 saturated carbocycles. The fraction of sp³-hybridized carbons (Fsp3) is 0.500. The number of carbonyl (C=O) groups is 1. The zero-order chi connectivity index (χ0) is 12.3. The molecule has 0 aliphatic heterocycles. The number of carboxylic acids is 1. The molecule has 0 amide bonds. The fourth-order valence-electron chi connectivity index (χ4n) is 2.73. The van der Waals surface area contributed by atoms with Crippen LogP contribution < -0.4 is 5.73 Å². The molecular formula is C14H19NO2. The van der Waals surface area contributed by atoms with E-state index in [1.54, 1.807) is 0 Å². The molecule has 92 valence electrons. The maximum Gasteiger partial charge on any atom is 0.305 e. The van der Waals surface area contributed by atoms with E-state index in [2.05, 4.69) is 24.3 Å². The van der Waals surface area contributed by atoms with E-state index < -0.39 is 11.5 Å². The highest BCUT2D eigenvalue weighted by Gasteiger charge is 2.33. The predicted molar refractivity (Wildman–Crippen MR) is 66.8 cm³/mol. The van der Waals surface area contributed by atoms with Gasteiger partial charge in [-0.05, 0) is 37.2 Å². The first-order valence-electron chi connectivity index (χ1n) is 6.15. The van der Waals surface area contributed by atoms with Crippen molar-refractivity contribution in [3.63, 3.8) is 0 Å². The van der Waals surface area contributed by atoms with Gasteiger partial charge in [0.25, 0.3) is 0 Å². The van der Waals surface area contributed by atoms with Gasteiger partial charge >= 0.3 is 5.97 Å². The second-order valence-electron chi connectivity index (χ2n) is 5.12. The number of benzene rings is 1. The molecule has 1 aromatic carbocycles. The summed E-state index contributed by atoms with van der Waals surface area (Å²) in [6.07, 6.45) is 3.69. The Balaban J connectivity index is 1.96. The molecule has 0 aromatic heterocycles. The van der Waals surface area contributed by atoms with Crippen molar-refractivity contribution >= 4 is 5.97 Å². The van der Waals surface area contributed by atoms with Crippen molar-refractivity contribution in [3.8, 4) is 0 Å².